The predicted octanol–water partition coefficient (Wildman–Crippen LogP) is 5.30. The van der Waals surface area contributed by atoms with Crippen molar-refractivity contribution < 1.29 is 26.3 Å². The molecule has 0 spiro atoms. The summed E-state index contributed by atoms with van der Waals surface area (Å²) in [6.45, 7) is 0. The van der Waals surface area contributed by atoms with Crippen molar-refractivity contribution in [2.75, 3.05) is 4.72 Å². The molecule has 0 fully saturated rings. The number of benzene rings is 3. The minimum absolute atomic E-state index is 0.0254. The molecule has 0 aliphatic carbocycles. The van der Waals surface area contributed by atoms with Crippen molar-refractivity contribution in [1.29, 1.82) is 0 Å². The maximum Gasteiger partial charge on any atom is 0.416 e. The van der Waals surface area contributed by atoms with Gasteiger partial charge in [0, 0.05) is 11.8 Å². The fourth-order valence-electron chi connectivity index (χ4n) is 2.27. The van der Waals surface area contributed by atoms with Crippen LogP contribution in [0.15, 0.2) is 83.8 Å². The van der Waals surface area contributed by atoms with Gasteiger partial charge in [-0.1, -0.05) is 24.3 Å². The number of nitrogens with one attached hydrogen (secondary N) is 1. The molecule has 3 aromatic rings. The topological polar surface area (TPSA) is 55.4 Å². The Kier molecular flexibility index (Phi) is 5.09. The smallest absolute Gasteiger partial charge is 0.416 e. The average Bonchev–Trinajstić information content (AvgIpc) is 2.62. The highest BCUT2D eigenvalue weighted by Gasteiger charge is 2.30. The van der Waals surface area contributed by atoms with Gasteiger partial charge in [0.05, 0.1) is 10.5 Å². The highest BCUT2D eigenvalue weighted by atomic mass is 32.2. The monoisotopic (exact) mass is 393 g/mol. The molecular weight excluding hydrogens is 379 g/mol. The van der Waals surface area contributed by atoms with E-state index in [9.17, 15) is 21.6 Å². The summed E-state index contributed by atoms with van der Waals surface area (Å²) in [6.07, 6.45) is -4.49. The molecule has 4 nitrogen and oxygen atoms in total. The summed E-state index contributed by atoms with van der Waals surface area (Å²) in [4.78, 5) is -0.0733. The standard InChI is InChI=1S/C19H14F3NO3S/c20-19(21,22)14-9-11-15(12-10-14)23-27(24,25)18-8-4-7-17(13-18)26-16-5-2-1-3-6-16/h1-13,23H. The molecule has 0 aliphatic heterocycles. The predicted molar refractivity (Wildman–Crippen MR) is 95.2 cm³/mol. The Balaban J connectivity index is 1.79. The van der Waals surface area contributed by atoms with Gasteiger partial charge in [-0.05, 0) is 48.5 Å². The molecule has 140 valence electrons. The SMILES string of the molecule is O=S(=O)(Nc1ccc(C(F)(F)F)cc1)c1cccc(Oc2ccccc2)c1. The summed E-state index contributed by atoms with van der Waals surface area (Å²) in [7, 11) is -3.99. The second kappa shape index (κ2) is 7.32. The molecule has 0 radical (unpaired) electrons. The molecule has 0 atom stereocenters. The maximum absolute atomic E-state index is 12.6. The number of sulfonamides is 1. The van der Waals surface area contributed by atoms with Crippen LogP contribution in [0.1, 0.15) is 5.56 Å². The van der Waals surface area contributed by atoms with Gasteiger partial charge in [0.15, 0.2) is 0 Å². The normalized spacial score (nSPS) is 11.8. The van der Waals surface area contributed by atoms with Crippen LogP contribution in [-0.2, 0) is 16.2 Å². The fraction of sp³-hybridized carbons (Fsp3) is 0.0526. The fourth-order valence-corrected chi connectivity index (χ4v) is 3.36. The largest absolute Gasteiger partial charge is 0.457 e. The van der Waals surface area contributed by atoms with Crippen molar-refractivity contribution in [3.63, 3.8) is 0 Å². The van der Waals surface area contributed by atoms with Gasteiger partial charge in [-0.15, -0.1) is 0 Å². The van der Waals surface area contributed by atoms with E-state index in [4.69, 9.17) is 4.74 Å². The number of rotatable bonds is 5. The first-order valence-corrected chi connectivity index (χ1v) is 9.25. The lowest BCUT2D eigenvalue weighted by Crippen LogP contribution is -2.13. The number of anilines is 1. The van der Waals surface area contributed by atoms with E-state index in [2.05, 4.69) is 4.72 Å². The Morgan fingerprint density at radius 3 is 2.04 bits per heavy atom. The van der Waals surface area contributed by atoms with E-state index < -0.39 is 21.8 Å². The van der Waals surface area contributed by atoms with Crippen molar-refractivity contribution in [3.05, 3.63) is 84.4 Å². The van der Waals surface area contributed by atoms with Crippen LogP contribution in [0, 0.1) is 0 Å². The van der Waals surface area contributed by atoms with Crippen LogP contribution >= 0.6 is 0 Å². The molecule has 0 amide bonds. The highest BCUT2D eigenvalue weighted by Crippen LogP contribution is 2.30. The molecule has 3 aromatic carbocycles. The Morgan fingerprint density at radius 1 is 0.778 bits per heavy atom. The van der Waals surface area contributed by atoms with E-state index in [1.54, 1.807) is 30.3 Å². The van der Waals surface area contributed by atoms with Crippen LogP contribution in [0.2, 0.25) is 0 Å². The minimum Gasteiger partial charge on any atom is -0.457 e. The van der Waals surface area contributed by atoms with Gasteiger partial charge in [-0.3, -0.25) is 4.72 Å². The molecule has 0 aliphatic rings. The van der Waals surface area contributed by atoms with Gasteiger partial charge >= 0.3 is 6.18 Å². The molecule has 0 bridgehead atoms. The summed E-state index contributed by atoms with van der Waals surface area (Å²) in [5, 5.41) is 0. The van der Waals surface area contributed by atoms with Crippen molar-refractivity contribution in [2.45, 2.75) is 11.1 Å². The van der Waals surface area contributed by atoms with E-state index in [-0.39, 0.29) is 10.6 Å². The first kappa shape index (κ1) is 18.8. The van der Waals surface area contributed by atoms with E-state index in [1.165, 1.54) is 18.2 Å². The van der Waals surface area contributed by atoms with E-state index in [1.807, 2.05) is 6.07 Å². The summed E-state index contributed by atoms with van der Waals surface area (Å²) in [5.74, 6) is 0.860. The molecule has 3 rings (SSSR count). The number of hydrogen-bond donors (Lipinski definition) is 1. The molecule has 0 saturated heterocycles. The average molecular weight is 393 g/mol. The highest BCUT2D eigenvalue weighted by molar-refractivity contribution is 7.92. The van der Waals surface area contributed by atoms with Crippen LogP contribution in [0.5, 0.6) is 11.5 Å². The zero-order chi connectivity index (χ0) is 19.5. The third kappa shape index (κ3) is 4.79. The van der Waals surface area contributed by atoms with Gasteiger partial charge in [-0.25, -0.2) is 8.42 Å². The first-order valence-electron chi connectivity index (χ1n) is 7.77. The Hall–Kier alpha value is -3.00. The van der Waals surface area contributed by atoms with Gasteiger partial charge in [0.25, 0.3) is 10.0 Å². The van der Waals surface area contributed by atoms with Crippen LogP contribution in [0.4, 0.5) is 18.9 Å². The van der Waals surface area contributed by atoms with Crippen LogP contribution in [-0.4, -0.2) is 8.42 Å². The van der Waals surface area contributed by atoms with Gasteiger partial charge < -0.3 is 4.74 Å². The molecule has 27 heavy (non-hydrogen) atoms. The van der Waals surface area contributed by atoms with Gasteiger partial charge in [0.1, 0.15) is 11.5 Å². The molecule has 0 aromatic heterocycles. The van der Waals surface area contributed by atoms with Crippen molar-refractivity contribution in [3.8, 4) is 11.5 Å². The zero-order valence-electron chi connectivity index (χ0n) is 13.8. The van der Waals surface area contributed by atoms with Crippen LogP contribution in [0.3, 0.4) is 0 Å². The number of para-hydroxylation sites is 1. The number of ether oxygens (including phenoxy) is 1. The van der Waals surface area contributed by atoms with Crippen molar-refractivity contribution >= 4 is 15.7 Å². The van der Waals surface area contributed by atoms with Crippen LogP contribution < -0.4 is 9.46 Å². The van der Waals surface area contributed by atoms with Gasteiger partial charge in [0.2, 0.25) is 0 Å². The summed E-state index contributed by atoms with van der Waals surface area (Å²) in [5.41, 5.74) is -0.832. The third-order valence-corrected chi connectivity index (χ3v) is 4.94. The lowest BCUT2D eigenvalue weighted by Gasteiger charge is -2.11. The van der Waals surface area contributed by atoms with Crippen LogP contribution in [0.25, 0.3) is 0 Å². The lowest BCUT2D eigenvalue weighted by atomic mass is 10.2. The van der Waals surface area contributed by atoms with E-state index >= 15 is 0 Å². The van der Waals surface area contributed by atoms with E-state index in [0.29, 0.717) is 11.5 Å². The molecular formula is C19H14F3NO3S. The summed E-state index contributed by atoms with van der Waals surface area (Å²) in [6, 6.07) is 18.4. The quantitative estimate of drug-likeness (QED) is 0.640. The van der Waals surface area contributed by atoms with Crippen molar-refractivity contribution in [1.82, 2.24) is 0 Å². The number of alkyl halides is 3. The Morgan fingerprint density at radius 2 is 1.41 bits per heavy atom. The number of hydrogen-bond acceptors (Lipinski definition) is 3. The van der Waals surface area contributed by atoms with Gasteiger partial charge in [-0.2, -0.15) is 13.2 Å². The molecule has 0 saturated carbocycles. The zero-order valence-corrected chi connectivity index (χ0v) is 14.6. The molecule has 0 unspecified atom stereocenters. The van der Waals surface area contributed by atoms with Crippen molar-refractivity contribution in [2.24, 2.45) is 0 Å². The second-order valence-corrected chi connectivity index (χ2v) is 7.25. The maximum atomic E-state index is 12.6. The first-order chi connectivity index (χ1) is 12.7. The third-order valence-electron chi connectivity index (χ3n) is 3.56. The minimum atomic E-state index is -4.49. The molecule has 1 N–H and O–H groups in total. The number of halogens is 3. The lowest BCUT2D eigenvalue weighted by molar-refractivity contribution is -0.137. The molecule has 0 heterocycles. The Labute approximate surface area is 154 Å². The summed E-state index contributed by atoms with van der Waals surface area (Å²) >= 11 is 0. The second-order valence-electron chi connectivity index (χ2n) is 5.57. The Bertz CT molecular complexity index is 1020. The summed E-state index contributed by atoms with van der Waals surface area (Å²) < 4.78 is 70.6. The van der Waals surface area contributed by atoms with E-state index in [0.717, 1.165) is 24.3 Å². The molecule has 8 heteroatoms.